The summed E-state index contributed by atoms with van der Waals surface area (Å²) in [4.78, 5) is 16.3. The van der Waals surface area contributed by atoms with E-state index in [2.05, 4.69) is 15.3 Å². The molecule has 0 radical (unpaired) electrons. The fourth-order valence-corrected chi connectivity index (χ4v) is 4.37. The lowest BCUT2D eigenvalue weighted by Gasteiger charge is -2.34. The van der Waals surface area contributed by atoms with E-state index in [9.17, 15) is 24.2 Å². The third kappa shape index (κ3) is 6.51. The predicted molar refractivity (Wildman–Crippen MR) is 124 cm³/mol. The highest BCUT2D eigenvalue weighted by Crippen LogP contribution is 2.37. The fraction of sp³-hybridized carbons (Fsp3) is 0.458. The van der Waals surface area contributed by atoms with Gasteiger partial charge in [0.15, 0.2) is 0 Å². The third-order valence-corrected chi connectivity index (χ3v) is 6.19. The standard InChI is InChI=1S/C24H29F2N5O3/c25-17-6-4-15(5-7-17)22(16-10-12-34-13-11-16)23(30-31-28)24(33)29-21-3-1-2-20(26)19(21)9-8-18(27)14-32/h1-7,16,18,22-23,32H,8-14,27H2,(H,29,33)/t18-,22?,23?/m0/s1. The lowest BCUT2D eigenvalue weighted by molar-refractivity contribution is -0.118. The first-order chi connectivity index (χ1) is 16.4. The van der Waals surface area contributed by atoms with E-state index >= 15 is 0 Å². The number of rotatable bonds is 10. The number of hydrogen-bond donors (Lipinski definition) is 3. The average molecular weight is 474 g/mol. The van der Waals surface area contributed by atoms with E-state index in [0.717, 1.165) is 0 Å². The van der Waals surface area contributed by atoms with Gasteiger partial charge in [0.2, 0.25) is 5.91 Å². The molecule has 0 spiro atoms. The Morgan fingerprint density at radius 2 is 1.94 bits per heavy atom. The van der Waals surface area contributed by atoms with Crippen LogP contribution in [0.15, 0.2) is 47.6 Å². The maximum absolute atomic E-state index is 14.6. The van der Waals surface area contributed by atoms with Crippen LogP contribution in [0.5, 0.6) is 0 Å². The van der Waals surface area contributed by atoms with Crippen molar-refractivity contribution in [2.75, 3.05) is 25.1 Å². The molecule has 0 bridgehead atoms. The van der Waals surface area contributed by atoms with Crippen LogP contribution in [0.25, 0.3) is 10.4 Å². The number of halogens is 2. The number of benzene rings is 2. The molecule has 1 aliphatic heterocycles. The highest BCUT2D eigenvalue weighted by Gasteiger charge is 2.36. The highest BCUT2D eigenvalue weighted by atomic mass is 19.1. The van der Waals surface area contributed by atoms with Crippen LogP contribution in [0.4, 0.5) is 14.5 Å². The van der Waals surface area contributed by atoms with Crippen molar-refractivity contribution in [1.82, 2.24) is 0 Å². The fourth-order valence-electron chi connectivity index (χ4n) is 4.37. The Balaban J connectivity index is 1.92. The number of aliphatic hydroxyl groups is 1. The molecule has 2 aromatic carbocycles. The average Bonchev–Trinajstić information content (AvgIpc) is 2.85. The Hall–Kier alpha value is -3.04. The smallest absolute Gasteiger partial charge is 0.234 e. The van der Waals surface area contributed by atoms with Crippen LogP contribution in [0, 0.1) is 17.6 Å². The molecule has 10 heteroatoms. The van der Waals surface area contributed by atoms with Crippen molar-refractivity contribution in [2.24, 2.45) is 16.8 Å². The molecule has 1 fully saturated rings. The van der Waals surface area contributed by atoms with Gasteiger partial charge in [-0.3, -0.25) is 4.79 Å². The van der Waals surface area contributed by atoms with Gasteiger partial charge in [-0.1, -0.05) is 23.3 Å². The van der Waals surface area contributed by atoms with Crippen LogP contribution in [0.3, 0.4) is 0 Å². The zero-order chi connectivity index (χ0) is 24.5. The van der Waals surface area contributed by atoms with E-state index in [4.69, 9.17) is 10.5 Å². The summed E-state index contributed by atoms with van der Waals surface area (Å²) >= 11 is 0. The van der Waals surface area contributed by atoms with Crippen LogP contribution >= 0.6 is 0 Å². The maximum atomic E-state index is 14.6. The molecule has 4 N–H and O–H groups in total. The number of nitrogens with one attached hydrogen (secondary N) is 1. The Morgan fingerprint density at radius 1 is 1.24 bits per heavy atom. The number of azide groups is 1. The molecule has 3 rings (SSSR count). The van der Waals surface area contributed by atoms with E-state index < -0.39 is 35.5 Å². The molecule has 34 heavy (non-hydrogen) atoms. The largest absolute Gasteiger partial charge is 0.395 e. The van der Waals surface area contributed by atoms with Crippen LogP contribution in [-0.4, -0.2) is 42.9 Å². The highest BCUT2D eigenvalue weighted by molar-refractivity contribution is 5.96. The second kappa shape index (κ2) is 12.4. The number of amides is 1. The van der Waals surface area contributed by atoms with Crippen molar-refractivity contribution >= 4 is 11.6 Å². The van der Waals surface area contributed by atoms with Gasteiger partial charge in [0, 0.05) is 41.3 Å². The summed E-state index contributed by atoms with van der Waals surface area (Å²) in [5, 5.41) is 15.7. The first kappa shape index (κ1) is 25.6. The number of nitrogens with two attached hydrogens (primary N) is 1. The van der Waals surface area contributed by atoms with Gasteiger partial charge in [-0.15, -0.1) is 0 Å². The summed E-state index contributed by atoms with van der Waals surface area (Å²) in [6.07, 6.45) is 1.83. The molecule has 2 unspecified atom stereocenters. The van der Waals surface area contributed by atoms with Gasteiger partial charge >= 0.3 is 0 Å². The van der Waals surface area contributed by atoms with Gasteiger partial charge in [0.05, 0.1) is 6.61 Å². The SMILES string of the molecule is [N-]=[N+]=NC(C(=O)Nc1cccc(F)c1CC[C@H](N)CO)C(c1ccc(F)cc1)C1CCOCC1. The second-order valence-corrected chi connectivity index (χ2v) is 8.41. The monoisotopic (exact) mass is 473 g/mol. The van der Waals surface area contributed by atoms with Gasteiger partial charge in [0.25, 0.3) is 0 Å². The molecule has 0 saturated carbocycles. The number of carbonyl (C=O) groups excluding carboxylic acids is 1. The molecule has 8 nitrogen and oxygen atoms in total. The van der Waals surface area contributed by atoms with E-state index in [1.165, 1.54) is 24.3 Å². The van der Waals surface area contributed by atoms with E-state index in [0.29, 0.717) is 38.0 Å². The summed E-state index contributed by atoms with van der Waals surface area (Å²) in [5.74, 6) is -2.06. The van der Waals surface area contributed by atoms with Gasteiger partial charge in [-0.05, 0) is 67.0 Å². The molecule has 0 aromatic heterocycles. The van der Waals surface area contributed by atoms with Crippen molar-refractivity contribution in [3.63, 3.8) is 0 Å². The number of ether oxygens (including phenoxy) is 1. The number of hydrogen-bond acceptors (Lipinski definition) is 5. The Morgan fingerprint density at radius 3 is 2.59 bits per heavy atom. The first-order valence-electron chi connectivity index (χ1n) is 11.3. The van der Waals surface area contributed by atoms with Crippen molar-refractivity contribution in [3.8, 4) is 0 Å². The maximum Gasteiger partial charge on any atom is 0.234 e. The van der Waals surface area contributed by atoms with Gasteiger partial charge in [-0.2, -0.15) is 0 Å². The summed E-state index contributed by atoms with van der Waals surface area (Å²) in [6.45, 7) is 0.776. The predicted octanol–water partition coefficient (Wildman–Crippen LogP) is 4.04. The summed E-state index contributed by atoms with van der Waals surface area (Å²) in [7, 11) is 0. The molecular formula is C24H29F2N5O3. The normalized spacial score (nSPS) is 16.8. The van der Waals surface area contributed by atoms with Crippen molar-refractivity contribution in [3.05, 3.63) is 75.7 Å². The summed E-state index contributed by atoms with van der Waals surface area (Å²) in [5.41, 5.74) is 16.2. The number of carbonyl (C=O) groups is 1. The van der Waals surface area contributed by atoms with Gasteiger partial charge in [-0.25, -0.2) is 8.78 Å². The van der Waals surface area contributed by atoms with Crippen LogP contribution in [-0.2, 0) is 16.0 Å². The Bertz CT molecular complexity index is 1010. The second-order valence-electron chi connectivity index (χ2n) is 8.41. The van der Waals surface area contributed by atoms with Crippen LogP contribution in [0.1, 0.15) is 36.3 Å². The quantitative estimate of drug-likeness (QED) is 0.273. The van der Waals surface area contributed by atoms with Crippen molar-refractivity contribution in [1.29, 1.82) is 0 Å². The molecule has 0 aliphatic carbocycles. The zero-order valence-corrected chi connectivity index (χ0v) is 18.7. The van der Waals surface area contributed by atoms with E-state index in [1.807, 2.05) is 0 Å². The minimum atomic E-state index is -1.14. The molecule has 1 heterocycles. The molecule has 1 aliphatic rings. The lowest BCUT2D eigenvalue weighted by Crippen LogP contribution is -2.37. The molecule has 2 aromatic rings. The van der Waals surface area contributed by atoms with Crippen LogP contribution in [0.2, 0.25) is 0 Å². The Labute approximate surface area is 196 Å². The molecule has 1 amide bonds. The lowest BCUT2D eigenvalue weighted by atomic mass is 9.76. The zero-order valence-electron chi connectivity index (χ0n) is 18.7. The molecule has 182 valence electrons. The van der Waals surface area contributed by atoms with Crippen molar-refractivity contribution < 1.29 is 23.4 Å². The molecular weight excluding hydrogens is 444 g/mol. The van der Waals surface area contributed by atoms with Crippen molar-refractivity contribution in [2.45, 2.75) is 43.7 Å². The third-order valence-electron chi connectivity index (χ3n) is 6.19. The van der Waals surface area contributed by atoms with E-state index in [1.54, 1.807) is 18.2 Å². The number of aliphatic hydroxyl groups excluding tert-OH is 1. The minimum Gasteiger partial charge on any atom is -0.395 e. The topological polar surface area (TPSA) is 133 Å². The summed E-state index contributed by atoms with van der Waals surface area (Å²) in [6, 6.07) is 8.45. The Kier molecular flexibility index (Phi) is 9.35. The number of nitrogens with zero attached hydrogens (tertiary/aromatic N) is 3. The van der Waals surface area contributed by atoms with E-state index in [-0.39, 0.29) is 30.2 Å². The molecule has 3 atom stereocenters. The first-order valence-corrected chi connectivity index (χ1v) is 11.3. The van der Waals surface area contributed by atoms with Gasteiger partial charge in [0.1, 0.15) is 17.7 Å². The summed E-state index contributed by atoms with van der Waals surface area (Å²) < 4.78 is 33.6. The van der Waals surface area contributed by atoms with Gasteiger partial charge < -0.3 is 20.9 Å². The van der Waals surface area contributed by atoms with Crippen LogP contribution < -0.4 is 11.1 Å². The number of anilines is 1. The molecule has 1 saturated heterocycles. The minimum absolute atomic E-state index is 0.0324.